The van der Waals surface area contributed by atoms with Gasteiger partial charge >= 0.3 is 0 Å². The molecule has 162 valence electrons. The van der Waals surface area contributed by atoms with Gasteiger partial charge in [0.05, 0.1) is 0 Å². The van der Waals surface area contributed by atoms with E-state index < -0.39 is 0 Å². The van der Waals surface area contributed by atoms with E-state index >= 15 is 0 Å². The molecule has 0 aliphatic heterocycles. The molecule has 0 spiro atoms. The van der Waals surface area contributed by atoms with Crippen molar-refractivity contribution in [2.24, 2.45) is 0 Å². The zero-order chi connectivity index (χ0) is 22.1. The van der Waals surface area contributed by atoms with Gasteiger partial charge in [0, 0.05) is 42.0 Å². The van der Waals surface area contributed by atoms with E-state index in [0.29, 0.717) is 19.0 Å². The maximum atomic E-state index is 13.4. The molecule has 0 radical (unpaired) electrons. The minimum absolute atomic E-state index is 0.0342. The number of nitrogens with one attached hydrogen (secondary N) is 1. The van der Waals surface area contributed by atoms with Crippen LogP contribution in [-0.4, -0.2) is 16.5 Å². The molecular weight excluding hydrogens is 399 g/mol. The number of carbonyl (C=O) groups is 1. The summed E-state index contributed by atoms with van der Waals surface area (Å²) in [4.78, 5) is 12.8. The highest BCUT2D eigenvalue weighted by Gasteiger charge is 2.27. The van der Waals surface area contributed by atoms with Gasteiger partial charge in [0.15, 0.2) is 0 Å². The van der Waals surface area contributed by atoms with Gasteiger partial charge in [-0.1, -0.05) is 60.2 Å². The van der Waals surface area contributed by atoms with Crippen LogP contribution in [0.4, 0.5) is 4.39 Å². The second kappa shape index (κ2) is 8.62. The molecule has 5 rings (SSSR count). The molecule has 32 heavy (non-hydrogen) atoms. The normalized spacial score (nSPS) is 14.4. The number of carbonyl (C=O) groups excluding carboxylic acids is 1. The molecule has 4 aromatic rings. The Hall–Kier alpha value is -3.40. The lowest BCUT2D eigenvalue weighted by atomic mass is 9.87. The Labute approximate surface area is 187 Å². The van der Waals surface area contributed by atoms with Gasteiger partial charge in [0.25, 0.3) is 0 Å². The van der Waals surface area contributed by atoms with Crippen LogP contribution in [-0.2, 0) is 11.3 Å². The summed E-state index contributed by atoms with van der Waals surface area (Å²) in [7, 11) is 0. The van der Waals surface area contributed by atoms with Crippen molar-refractivity contribution in [3.05, 3.63) is 107 Å². The maximum Gasteiger partial charge on any atom is 0.221 e. The molecule has 1 heterocycles. The predicted molar refractivity (Wildman–Crippen MR) is 126 cm³/mol. The Morgan fingerprint density at radius 1 is 1.06 bits per heavy atom. The zero-order valence-corrected chi connectivity index (χ0v) is 18.2. The Morgan fingerprint density at radius 3 is 2.59 bits per heavy atom. The van der Waals surface area contributed by atoms with E-state index in [-0.39, 0.29) is 17.6 Å². The van der Waals surface area contributed by atoms with Gasteiger partial charge in [-0.05, 0) is 54.7 Å². The number of para-hydroxylation sites is 1. The SMILES string of the molecule is Cc1cccc([C@@H](CC(=O)NC2CC2)c2cn(Cc3ccc(F)cc3)c3ccccc23)c1. The molecule has 1 aromatic heterocycles. The Kier molecular flexibility index (Phi) is 5.52. The average molecular weight is 427 g/mol. The average Bonchev–Trinajstić information content (AvgIpc) is 3.53. The predicted octanol–water partition coefficient (Wildman–Crippen LogP) is 5.94. The van der Waals surface area contributed by atoms with Crippen molar-refractivity contribution < 1.29 is 9.18 Å². The fraction of sp³-hybridized carbons (Fsp3) is 0.250. The van der Waals surface area contributed by atoms with E-state index in [2.05, 4.69) is 59.4 Å². The van der Waals surface area contributed by atoms with Crippen LogP contribution in [0.3, 0.4) is 0 Å². The third-order valence-corrected chi connectivity index (χ3v) is 6.24. The van der Waals surface area contributed by atoms with Crippen LogP contribution >= 0.6 is 0 Å². The van der Waals surface area contributed by atoms with E-state index in [1.807, 2.05) is 24.3 Å². The first-order valence-electron chi connectivity index (χ1n) is 11.2. The largest absolute Gasteiger partial charge is 0.353 e. The fourth-order valence-electron chi connectivity index (χ4n) is 4.46. The van der Waals surface area contributed by atoms with Crippen LogP contribution < -0.4 is 5.32 Å². The number of benzene rings is 3. The quantitative estimate of drug-likeness (QED) is 0.390. The van der Waals surface area contributed by atoms with Gasteiger partial charge in [0.2, 0.25) is 5.91 Å². The zero-order valence-electron chi connectivity index (χ0n) is 18.2. The van der Waals surface area contributed by atoms with Crippen LogP contribution in [0, 0.1) is 12.7 Å². The first-order valence-corrected chi connectivity index (χ1v) is 11.2. The highest BCUT2D eigenvalue weighted by molar-refractivity contribution is 5.87. The van der Waals surface area contributed by atoms with E-state index in [9.17, 15) is 9.18 Å². The lowest BCUT2D eigenvalue weighted by Gasteiger charge is -2.18. The number of aromatic nitrogens is 1. The second-order valence-corrected chi connectivity index (χ2v) is 8.87. The number of amides is 1. The summed E-state index contributed by atoms with van der Waals surface area (Å²) in [5.41, 5.74) is 5.65. The third kappa shape index (κ3) is 4.45. The van der Waals surface area contributed by atoms with E-state index in [4.69, 9.17) is 0 Å². The molecule has 1 amide bonds. The van der Waals surface area contributed by atoms with Gasteiger partial charge in [0.1, 0.15) is 5.82 Å². The van der Waals surface area contributed by atoms with Crippen molar-refractivity contribution in [3.8, 4) is 0 Å². The number of rotatable bonds is 7. The molecule has 1 atom stereocenters. The van der Waals surface area contributed by atoms with Crippen molar-refractivity contribution in [3.63, 3.8) is 0 Å². The topological polar surface area (TPSA) is 34.0 Å². The monoisotopic (exact) mass is 426 g/mol. The van der Waals surface area contributed by atoms with E-state index in [1.165, 1.54) is 17.7 Å². The number of aryl methyl sites for hydroxylation is 1. The standard InChI is InChI=1S/C28H27FN2O/c1-19-5-4-6-21(15-19)25(16-28(32)30-23-13-14-23)26-18-31(27-8-3-2-7-24(26)27)17-20-9-11-22(29)12-10-20/h2-12,15,18,23,25H,13-14,16-17H2,1H3,(H,30,32)/t25-/m1/s1. The summed E-state index contributed by atoms with van der Waals surface area (Å²) in [6.45, 7) is 2.73. The number of halogens is 1. The highest BCUT2D eigenvalue weighted by Crippen LogP contribution is 2.36. The second-order valence-electron chi connectivity index (χ2n) is 8.87. The number of nitrogens with zero attached hydrogens (tertiary/aromatic N) is 1. The van der Waals surface area contributed by atoms with Gasteiger partial charge in [-0.3, -0.25) is 4.79 Å². The molecule has 1 N–H and O–H groups in total. The summed E-state index contributed by atoms with van der Waals surface area (Å²) < 4.78 is 15.6. The number of fused-ring (bicyclic) bond motifs is 1. The van der Waals surface area contributed by atoms with Gasteiger partial charge in [-0.2, -0.15) is 0 Å². The molecular formula is C28H27FN2O. The molecule has 3 aromatic carbocycles. The summed E-state index contributed by atoms with van der Waals surface area (Å²) in [5, 5.41) is 4.31. The highest BCUT2D eigenvalue weighted by atomic mass is 19.1. The first kappa shape index (κ1) is 20.5. The van der Waals surface area contributed by atoms with Crippen molar-refractivity contribution in [2.75, 3.05) is 0 Å². The molecule has 3 nitrogen and oxygen atoms in total. The molecule has 1 aliphatic rings. The molecule has 1 fully saturated rings. The molecule has 0 bridgehead atoms. The minimum atomic E-state index is -0.229. The maximum absolute atomic E-state index is 13.4. The first-order chi connectivity index (χ1) is 15.6. The van der Waals surface area contributed by atoms with Crippen molar-refractivity contribution in [2.45, 2.75) is 44.7 Å². The minimum Gasteiger partial charge on any atom is -0.353 e. The van der Waals surface area contributed by atoms with Crippen LogP contribution in [0.5, 0.6) is 0 Å². The van der Waals surface area contributed by atoms with Gasteiger partial charge in [-0.15, -0.1) is 0 Å². The Morgan fingerprint density at radius 2 is 1.84 bits per heavy atom. The van der Waals surface area contributed by atoms with Crippen LogP contribution in [0.15, 0.2) is 79.0 Å². The fourth-order valence-corrected chi connectivity index (χ4v) is 4.46. The lowest BCUT2D eigenvalue weighted by Crippen LogP contribution is -2.27. The van der Waals surface area contributed by atoms with Gasteiger partial charge in [-0.25, -0.2) is 4.39 Å². The number of hydrogen-bond acceptors (Lipinski definition) is 1. The smallest absolute Gasteiger partial charge is 0.221 e. The van der Waals surface area contributed by atoms with Crippen LogP contribution in [0.25, 0.3) is 10.9 Å². The number of hydrogen-bond donors (Lipinski definition) is 1. The van der Waals surface area contributed by atoms with Crippen molar-refractivity contribution >= 4 is 16.8 Å². The molecule has 0 unspecified atom stereocenters. The molecule has 1 saturated carbocycles. The summed E-state index contributed by atoms with van der Waals surface area (Å²) >= 11 is 0. The third-order valence-electron chi connectivity index (χ3n) is 6.24. The lowest BCUT2D eigenvalue weighted by molar-refractivity contribution is -0.121. The van der Waals surface area contributed by atoms with Crippen LogP contribution in [0.1, 0.15) is 47.4 Å². The molecule has 1 aliphatic carbocycles. The Bertz CT molecular complexity index is 1250. The molecule has 4 heteroatoms. The Balaban J connectivity index is 1.56. The van der Waals surface area contributed by atoms with E-state index in [0.717, 1.165) is 40.4 Å². The summed E-state index contributed by atoms with van der Waals surface area (Å²) in [5.74, 6) is -0.157. The summed E-state index contributed by atoms with van der Waals surface area (Å²) in [6.07, 6.45) is 4.76. The van der Waals surface area contributed by atoms with E-state index in [1.54, 1.807) is 0 Å². The van der Waals surface area contributed by atoms with Crippen LogP contribution in [0.2, 0.25) is 0 Å². The van der Waals surface area contributed by atoms with Crippen molar-refractivity contribution in [1.29, 1.82) is 0 Å². The molecule has 0 saturated heterocycles. The van der Waals surface area contributed by atoms with Crippen molar-refractivity contribution in [1.82, 2.24) is 9.88 Å². The summed E-state index contributed by atoms with van der Waals surface area (Å²) in [6, 6.07) is 23.8. The van der Waals surface area contributed by atoms with Gasteiger partial charge < -0.3 is 9.88 Å².